The maximum Gasteiger partial charge on any atom is 0.306 e. The minimum absolute atomic E-state index is 0.102. The van der Waals surface area contributed by atoms with Gasteiger partial charge in [0.15, 0.2) is 6.10 Å². The van der Waals surface area contributed by atoms with Gasteiger partial charge < -0.3 is 14.2 Å². The first-order chi connectivity index (χ1) is 32.0. The van der Waals surface area contributed by atoms with Crippen molar-refractivity contribution in [2.24, 2.45) is 0 Å². The van der Waals surface area contributed by atoms with Crippen LogP contribution in [0.25, 0.3) is 0 Å². The van der Waals surface area contributed by atoms with Gasteiger partial charge in [0.2, 0.25) is 0 Å². The number of allylic oxidation sites excluding steroid dienone is 14. The van der Waals surface area contributed by atoms with Crippen molar-refractivity contribution in [1.82, 2.24) is 0 Å². The fourth-order valence-corrected chi connectivity index (χ4v) is 7.21. The smallest absolute Gasteiger partial charge is 0.306 e. The van der Waals surface area contributed by atoms with E-state index in [0.717, 1.165) is 96.3 Å². The van der Waals surface area contributed by atoms with Crippen molar-refractivity contribution < 1.29 is 28.6 Å². The van der Waals surface area contributed by atoms with Crippen LogP contribution in [-0.2, 0) is 28.6 Å². The van der Waals surface area contributed by atoms with Crippen LogP contribution in [-0.4, -0.2) is 37.2 Å². The van der Waals surface area contributed by atoms with Crippen LogP contribution in [0.4, 0.5) is 0 Å². The van der Waals surface area contributed by atoms with Crippen LogP contribution in [0.2, 0.25) is 0 Å². The van der Waals surface area contributed by atoms with Crippen LogP contribution in [0.3, 0.4) is 0 Å². The molecule has 0 unspecified atom stereocenters. The van der Waals surface area contributed by atoms with Gasteiger partial charge in [-0.25, -0.2) is 0 Å². The van der Waals surface area contributed by atoms with Crippen molar-refractivity contribution in [1.29, 1.82) is 0 Å². The SMILES string of the molecule is CCCCC/C=C\C/C=C\C/C=C\CCCCCCC(=O)OC[C@H](COC(=O)CCCC/C=C\C/C=C\C/C=C\CCCCC)OC(=O)CCCCCCCCC/C=C\CCCCCC. The number of rotatable bonds is 48. The lowest BCUT2D eigenvalue weighted by Gasteiger charge is -2.18. The van der Waals surface area contributed by atoms with Crippen molar-refractivity contribution in [2.75, 3.05) is 13.2 Å². The Hall–Kier alpha value is -3.41. The third-order valence-electron chi connectivity index (χ3n) is 11.3. The van der Waals surface area contributed by atoms with Crippen molar-refractivity contribution >= 4 is 17.9 Å². The van der Waals surface area contributed by atoms with Gasteiger partial charge in [0.1, 0.15) is 13.2 Å². The zero-order valence-electron chi connectivity index (χ0n) is 42.5. The van der Waals surface area contributed by atoms with E-state index in [4.69, 9.17) is 14.2 Å². The normalized spacial score (nSPS) is 12.7. The molecule has 372 valence electrons. The minimum Gasteiger partial charge on any atom is -0.462 e. The quantitative estimate of drug-likeness (QED) is 0.0262. The Bertz CT molecular complexity index is 1270. The van der Waals surface area contributed by atoms with E-state index in [9.17, 15) is 14.4 Å². The number of carbonyl (C=O) groups excluding carboxylic acids is 3. The summed E-state index contributed by atoms with van der Waals surface area (Å²) in [6, 6.07) is 0. The number of hydrogen-bond donors (Lipinski definition) is 0. The minimum atomic E-state index is -0.804. The maximum absolute atomic E-state index is 12.8. The maximum atomic E-state index is 12.8. The predicted octanol–water partition coefficient (Wildman–Crippen LogP) is 18.0. The van der Waals surface area contributed by atoms with Crippen molar-refractivity contribution in [3.8, 4) is 0 Å². The molecule has 0 saturated carbocycles. The highest BCUT2D eigenvalue weighted by Gasteiger charge is 2.19. The van der Waals surface area contributed by atoms with Crippen molar-refractivity contribution in [2.45, 2.75) is 258 Å². The van der Waals surface area contributed by atoms with Crippen LogP contribution in [0, 0.1) is 0 Å². The molecule has 1 atom stereocenters. The molecule has 0 aromatic heterocycles. The molecular weight excluding hydrogens is 805 g/mol. The summed E-state index contributed by atoms with van der Waals surface area (Å²) in [6.45, 7) is 6.51. The largest absolute Gasteiger partial charge is 0.462 e. The van der Waals surface area contributed by atoms with Crippen LogP contribution in [0.15, 0.2) is 85.1 Å². The summed E-state index contributed by atoms with van der Waals surface area (Å²) in [5.74, 6) is -0.964. The fraction of sp³-hybridized carbons (Fsp3) is 0.712. The molecule has 0 heterocycles. The lowest BCUT2D eigenvalue weighted by molar-refractivity contribution is -0.167. The Kier molecular flexibility index (Phi) is 50.4. The summed E-state index contributed by atoms with van der Waals surface area (Å²) in [6.07, 6.45) is 68.5. The molecule has 0 aliphatic carbocycles. The lowest BCUT2D eigenvalue weighted by atomic mass is 10.1. The van der Waals surface area contributed by atoms with Gasteiger partial charge in [0.25, 0.3) is 0 Å². The molecule has 0 bridgehead atoms. The van der Waals surface area contributed by atoms with Crippen LogP contribution >= 0.6 is 0 Å². The summed E-state index contributed by atoms with van der Waals surface area (Å²) in [5, 5.41) is 0. The van der Waals surface area contributed by atoms with E-state index in [1.807, 2.05) is 0 Å². The summed E-state index contributed by atoms with van der Waals surface area (Å²) < 4.78 is 16.8. The van der Waals surface area contributed by atoms with Gasteiger partial charge in [-0.15, -0.1) is 0 Å². The molecule has 0 aromatic carbocycles. The molecule has 0 rings (SSSR count). The van der Waals surface area contributed by atoms with Gasteiger partial charge in [0, 0.05) is 19.3 Å². The van der Waals surface area contributed by atoms with Crippen molar-refractivity contribution in [3.05, 3.63) is 85.1 Å². The Balaban J connectivity index is 4.49. The second-order valence-electron chi connectivity index (χ2n) is 17.8. The predicted molar refractivity (Wildman–Crippen MR) is 279 cm³/mol. The zero-order valence-corrected chi connectivity index (χ0v) is 42.5. The summed E-state index contributed by atoms with van der Waals surface area (Å²) in [7, 11) is 0. The third kappa shape index (κ3) is 51.4. The zero-order chi connectivity index (χ0) is 47.2. The van der Waals surface area contributed by atoms with E-state index in [-0.39, 0.29) is 31.1 Å². The molecule has 0 aliphatic rings. The Morgan fingerprint density at radius 3 is 0.938 bits per heavy atom. The van der Waals surface area contributed by atoms with E-state index in [0.29, 0.717) is 19.3 Å². The number of unbranched alkanes of at least 4 members (excludes halogenated alkanes) is 23. The van der Waals surface area contributed by atoms with E-state index in [2.05, 4.69) is 106 Å². The third-order valence-corrected chi connectivity index (χ3v) is 11.3. The topological polar surface area (TPSA) is 78.9 Å². The number of esters is 3. The highest BCUT2D eigenvalue weighted by atomic mass is 16.6. The molecule has 6 nitrogen and oxygen atoms in total. The van der Waals surface area contributed by atoms with Gasteiger partial charge in [-0.1, -0.05) is 196 Å². The first-order valence-electron chi connectivity index (χ1n) is 27.1. The van der Waals surface area contributed by atoms with Crippen LogP contribution < -0.4 is 0 Å². The summed E-state index contributed by atoms with van der Waals surface area (Å²) in [5.41, 5.74) is 0. The van der Waals surface area contributed by atoms with Gasteiger partial charge >= 0.3 is 17.9 Å². The Morgan fingerprint density at radius 1 is 0.308 bits per heavy atom. The molecule has 6 heteroatoms. The number of hydrogen-bond acceptors (Lipinski definition) is 6. The lowest BCUT2D eigenvalue weighted by Crippen LogP contribution is -2.30. The monoisotopic (exact) mass is 905 g/mol. The second kappa shape index (κ2) is 53.2. The number of ether oxygens (including phenoxy) is 3. The van der Waals surface area contributed by atoms with Crippen molar-refractivity contribution in [3.63, 3.8) is 0 Å². The molecule has 0 saturated heterocycles. The number of carbonyl (C=O) groups is 3. The Morgan fingerprint density at radius 2 is 0.554 bits per heavy atom. The molecule has 0 spiro atoms. The molecule has 0 N–H and O–H groups in total. The van der Waals surface area contributed by atoms with Crippen LogP contribution in [0.5, 0.6) is 0 Å². The summed E-state index contributed by atoms with van der Waals surface area (Å²) >= 11 is 0. The average molecular weight is 905 g/mol. The fourth-order valence-electron chi connectivity index (χ4n) is 7.21. The van der Waals surface area contributed by atoms with Gasteiger partial charge in [-0.3, -0.25) is 14.4 Å². The molecule has 0 radical (unpaired) electrons. The first kappa shape index (κ1) is 61.6. The van der Waals surface area contributed by atoms with Crippen LogP contribution in [0.1, 0.15) is 252 Å². The molecule has 0 aromatic rings. The highest BCUT2D eigenvalue weighted by molar-refractivity contribution is 5.71. The van der Waals surface area contributed by atoms with E-state index in [1.54, 1.807) is 0 Å². The van der Waals surface area contributed by atoms with E-state index in [1.165, 1.54) is 116 Å². The standard InChI is InChI=1S/C59H100O6/c1-4-7-10-13-16-19-22-25-28-29-32-34-37-40-43-46-49-52-58(61)64-55-56(65-59(62)53-50-47-44-41-38-35-31-27-24-21-18-15-12-9-6-3)54-63-57(60)51-48-45-42-39-36-33-30-26-23-20-17-14-11-8-5-2/h16-17,19-21,24-26,28,30,32,34,36,39,56H,4-15,18,22-23,27,29,31,33,35,37-38,40-55H2,1-3H3/b19-16-,20-17-,24-21-,28-25-,30-26-,34-32-,39-36-/t56-/m0/s1. The van der Waals surface area contributed by atoms with E-state index >= 15 is 0 Å². The molecule has 65 heavy (non-hydrogen) atoms. The van der Waals surface area contributed by atoms with E-state index < -0.39 is 6.10 Å². The highest BCUT2D eigenvalue weighted by Crippen LogP contribution is 2.13. The summed E-state index contributed by atoms with van der Waals surface area (Å²) in [4.78, 5) is 38.0. The molecular formula is C59H100O6. The second-order valence-corrected chi connectivity index (χ2v) is 17.8. The molecule has 0 fully saturated rings. The van der Waals surface area contributed by atoms with Gasteiger partial charge in [-0.2, -0.15) is 0 Å². The average Bonchev–Trinajstić information content (AvgIpc) is 3.30. The van der Waals surface area contributed by atoms with Gasteiger partial charge in [0.05, 0.1) is 0 Å². The van der Waals surface area contributed by atoms with Gasteiger partial charge in [-0.05, 0) is 122 Å². The Labute approximate surface area is 401 Å². The molecule has 0 amide bonds. The first-order valence-corrected chi connectivity index (χ1v) is 27.1. The molecule has 0 aliphatic heterocycles.